The molecule has 0 saturated heterocycles. The standard InChI is InChI=1S/C21H21NO5/c1-24-18-12-15(13-19(25-2)20(18)26-3)21(23)22(14-17-10-7-11-27-17)16-8-5-4-6-9-16/h4-13H,14H2,1-3H3. The number of nitrogens with zero attached hydrogens (tertiary/aromatic N) is 1. The zero-order chi connectivity index (χ0) is 19.2. The SMILES string of the molecule is COc1cc(C(=O)N(Cc2ccco2)c2ccccc2)cc(OC)c1OC. The van der Waals surface area contributed by atoms with Gasteiger partial charge >= 0.3 is 0 Å². The number of methoxy groups -OCH3 is 3. The molecule has 3 aromatic rings. The van der Waals surface area contributed by atoms with Gasteiger partial charge in [0.15, 0.2) is 11.5 Å². The van der Waals surface area contributed by atoms with E-state index in [1.165, 1.54) is 21.3 Å². The third kappa shape index (κ3) is 3.89. The first kappa shape index (κ1) is 18.4. The minimum absolute atomic E-state index is 0.211. The van der Waals surface area contributed by atoms with E-state index in [-0.39, 0.29) is 5.91 Å². The number of furan rings is 1. The largest absolute Gasteiger partial charge is 0.493 e. The van der Waals surface area contributed by atoms with Crippen molar-refractivity contribution >= 4 is 11.6 Å². The highest BCUT2D eigenvalue weighted by atomic mass is 16.5. The molecule has 140 valence electrons. The third-order valence-corrected chi connectivity index (χ3v) is 4.12. The molecule has 0 spiro atoms. The van der Waals surface area contributed by atoms with Gasteiger partial charge in [-0.15, -0.1) is 0 Å². The molecule has 27 heavy (non-hydrogen) atoms. The number of ether oxygens (including phenoxy) is 3. The summed E-state index contributed by atoms with van der Waals surface area (Å²) in [7, 11) is 4.56. The summed E-state index contributed by atoms with van der Waals surface area (Å²) in [5.74, 6) is 1.75. The summed E-state index contributed by atoms with van der Waals surface area (Å²) < 4.78 is 21.5. The molecule has 0 aliphatic rings. The number of rotatable bonds is 7. The zero-order valence-corrected chi connectivity index (χ0v) is 15.5. The van der Waals surface area contributed by atoms with Crippen LogP contribution in [0.2, 0.25) is 0 Å². The molecule has 0 N–H and O–H groups in total. The Kier molecular flexibility index (Phi) is 5.66. The number of hydrogen-bond acceptors (Lipinski definition) is 5. The van der Waals surface area contributed by atoms with E-state index in [1.807, 2.05) is 36.4 Å². The van der Waals surface area contributed by atoms with Crippen LogP contribution in [-0.2, 0) is 6.54 Å². The summed E-state index contributed by atoms with van der Waals surface area (Å²) in [6.07, 6.45) is 1.59. The van der Waals surface area contributed by atoms with E-state index in [9.17, 15) is 4.79 Å². The molecule has 0 aliphatic heterocycles. The number of carbonyl (C=O) groups excluding carboxylic acids is 1. The predicted octanol–water partition coefficient (Wildman–Crippen LogP) is 4.15. The average molecular weight is 367 g/mol. The Morgan fingerprint density at radius 3 is 2.11 bits per heavy atom. The third-order valence-electron chi connectivity index (χ3n) is 4.12. The molecule has 1 heterocycles. The van der Waals surface area contributed by atoms with Crippen molar-refractivity contribution in [1.29, 1.82) is 0 Å². The quantitative estimate of drug-likeness (QED) is 0.628. The number of hydrogen-bond donors (Lipinski definition) is 0. The van der Waals surface area contributed by atoms with Gasteiger partial charge in [-0.05, 0) is 36.4 Å². The van der Waals surface area contributed by atoms with Crippen LogP contribution in [0, 0.1) is 0 Å². The maximum atomic E-state index is 13.3. The van der Waals surface area contributed by atoms with E-state index >= 15 is 0 Å². The van der Waals surface area contributed by atoms with Gasteiger partial charge < -0.3 is 23.5 Å². The van der Waals surface area contributed by atoms with E-state index in [2.05, 4.69) is 0 Å². The van der Waals surface area contributed by atoms with Crippen LogP contribution in [0.3, 0.4) is 0 Å². The fourth-order valence-corrected chi connectivity index (χ4v) is 2.81. The smallest absolute Gasteiger partial charge is 0.258 e. The summed E-state index contributed by atoms with van der Waals surface area (Å²) in [5, 5.41) is 0. The second-order valence-electron chi connectivity index (χ2n) is 5.72. The van der Waals surface area contributed by atoms with Crippen LogP contribution in [-0.4, -0.2) is 27.2 Å². The minimum Gasteiger partial charge on any atom is -0.493 e. The lowest BCUT2D eigenvalue weighted by atomic mass is 10.1. The van der Waals surface area contributed by atoms with Gasteiger partial charge in [-0.2, -0.15) is 0 Å². The monoisotopic (exact) mass is 367 g/mol. The van der Waals surface area contributed by atoms with Gasteiger partial charge in [0.25, 0.3) is 5.91 Å². The van der Waals surface area contributed by atoms with Crippen LogP contribution in [0.1, 0.15) is 16.1 Å². The molecule has 1 aromatic heterocycles. The highest BCUT2D eigenvalue weighted by molar-refractivity contribution is 6.06. The molecule has 1 amide bonds. The van der Waals surface area contributed by atoms with E-state index in [0.29, 0.717) is 35.1 Å². The van der Waals surface area contributed by atoms with Crippen LogP contribution in [0.4, 0.5) is 5.69 Å². The summed E-state index contributed by atoms with van der Waals surface area (Å²) in [6, 6.07) is 16.3. The average Bonchev–Trinajstić information content (AvgIpc) is 3.24. The fraction of sp³-hybridized carbons (Fsp3) is 0.190. The lowest BCUT2D eigenvalue weighted by molar-refractivity contribution is 0.0982. The molecule has 0 saturated carbocycles. The Hall–Kier alpha value is -3.41. The van der Waals surface area contributed by atoms with Crippen molar-refractivity contribution in [2.45, 2.75) is 6.54 Å². The predicted molar refractivity (Wildman–Crippen MR) is 102 cm³/mol. The number of amides is 1. The van der Waals surface area contributed by atoms with E-state index < -0.39 is 0 Å². The van der Waals surface area contributed by atoms with Crippen molar-refractivity contribution in [2.75, 3.05) is 26.2 Å². The van der Waals surface area contributed by atoms with Crippen LogP contribution in [0.25, 0.3) is 0 Å². The van der Waals surface area contributed by atoms with Crippen molar-refractivity contribution < 1.29 is 23.4 Å². The molecule has 0 bridgehead atoms. The zero-order valence-electron chi connectivity index (χ0n) is 15.5. The lowest BCUT2D eigenvalue weighted by Crippen LogP contribution is -2.30. The number of anilines is 1. The minimum atomic E-state index is -0.211. The van der Waals surface area contributed by atoms with Crippen molar-refractivity contribution in [3.8, 4) is 17.2 Å². The van der Waals surface area contributed by atoms with Crippen LogP contribution in [0.15, 0.2) is 65.3 Å². The van der Waals surface area contributed by atoms with Crippen LogP contribution in [0.5, 0.6) is 17.2 Å². The number of carbonyl (C=O) groups is 1. The topological polar surface area (TPSA) is 61.1 Å². The van der Waals surface area contributed by atoms with Crippen molar-refractivity contribution in [1.82, 2.24) is 0 Å². The summed E-state index contributed by atoms with van der Waals surface area (Å²) >= 11 is 0. The van der Waals surface area contributed by atoms with Crippen molar-refractivity contribution in [3.63, 3.8) is 0 Å². The molecule has 3 rings (SSSR count). The van der Waals surface area contributed by atoms with Crippen LogP contribution >= 0.6 is 0 Å². The first-order chi connectivity index (χ1) is 13.2. The van der Waals surface area contributed by atoms with Gasteiger partial charge in [0.2, 0.25) is 5.75 Å². The van der Waals surface area contributed by atoms with Crippen molar-refractivity contribution in [3.05, 3.63) is 72.2 Å². The molecule has 6 nitrogen and oxygen atoms in total. The van der Waals surface area contributed by atoms with Crippen molar-refractivity contribution in [2.24, 2.45) is 0 Å². The lowest BCUT2D eigenvalue weighted by Gasteiger charge is -2.23. The Labute approximate surface area is 157 Å². The highest BCUT2D eigenvalue weighted by Gasteiger charge is 2.23. The maximum Gasteiger partial charge on any atom is 0.258 e. The second kappa shape index (κ2) is 8.31. The molecule has 0 aliphatic carbocycles. The van der Waals surface area contributed by atoms with Crippen LogP contribution < -0.4 is 19.1 Å². The Bertz CT molecular complexity index is 865. The molecule has 6 heteroatoms. The van der Waals surface area contributed by atoms with E-state index in [4.69, 9.17) is 18.6 Å². The molecule has 0 fully saturated rings. The normalized spacial score (nSPS) is 10.3. The Morgan fingerprint density at radius 1 is 0.926 bits per heavy atom. The number of benzene rings is 2. The fourth-order valence-electron chi connectivity index (χ4n) is 2.81. The van der Waals surface area contributed by atoms with Gasteiger partial charge in [-0.25, -0.2) is 0 Å². The van der Waals surface area contributed by atoms with Gasteiger partial charge in [-0.1, -0.05) is 18.2 Å². The first-order valence-electron chi connectivity index (χ1n) is 8.37. The summed E-state index contributed by atoms with van der Waals surface area (Å²) in [6.45, 7) is 0.298. The summed E-state index contributed by atoms with van der Waals surface area (Å²) in [4.78, 5) is 15.0. The molecular formula is C21H21NO5. The van der Waals surface area contributed by atoms with E-state index in [1.54, 1.807) is 29.4 Å². The van der Waals surface area contributed by atoms with Gasteiger partial charge in [-0.3, -0.25) is 4.79 Å². The highest BCUT2D eigenvalue weighted by Crippen LogP contribution is 2.38. The van der Waals surface area contributed by atoms with Gasteiger partial charge in [0.1, 0.15) is 5.76 Å². The van der Waals surface area contributed by atoms with Gasteiger partial charge in [0, 0.05) is 11.3 Å². The first-order valence-corrected chi connectivity index (χ1v) is 8.37. The van der Waals surface area contributed by atoms with E-state index in [0.717, 1.165) is 5.69 Å². The Balaban J connectivity index is 2.03. The molecule has 0 atom stereocenters. The Morgan fingerprint density at radius 2 is 1.59 bits per heavy atom. The molecule has 2 aromatic carbocycles. The molecular weight excluding hydrogens is 346 g/mol. The number of para-hydroxylation sites is 1. The summed E-state index contributed by atoms with van der Waals surface area (Å²) in [5.41, 5.74) is 1.17. The molecule has 0 unspecified atom stereocenters. The van der Waals surface area contributed by atoms with Gasteiger partial charge in [0.05, 0.1) is 34.1 Å². The maximum absolute atomic E-state index is 13.3. The molecule has 0 radical (unpaired) electrons. The second-order valence-corrected chi connectivity index (χ2v) is 5.72.